The van der Waals surface area contributed by atoms with Crippen LogP contribution in [0.4, 0.5) is 5.82 Å². The lowest BCUT2D eigenvalue weighted by Gasteiger charge is -2.25. The van der Waals surface area contributed by atoms with E-state index in [-0.39, 0.29) is 6.04 Å². The molecule has 0 saturated carbocycles. The summed E-state index contributed by atoms with van der Waals surface area (Å²) >= 11 is 0. The Morgan fingerprint density at radius 2 is 1.93 bits per heavy atom. The summed E-state index contributed by atoms with van der Waals surface area (Å²) in [7, 11) is 0. The van der Waals surface area contributed by atoms with Crippen LogP contribution in [0.5, 0.6) is 0 Å². The largest absolute Gasteiger partial charge is 0.383 e. The van der Waals surface area contributed by atoms with Crippen LogP contribution in [0.25, 0.3) is 33.3 Å². The van der Waals surface area contributed by atoms with Crippen molar-refractivity contribution in [1.82, 2.24) is 29.7 Å². The number of imidazole rings is 1. The van der Waals surface area contributed by atoms with E-state index in [4.69, 9.17) is 10.8 Å². The van der Waals surface area contributed by atoms with Gasteiger partial charge in [-0.25, -0.2) is 19.6 Å². The predicted molar refractivity (Wildman–Crippen MR) is 112 cm³/mol. The van der Waals surface area contributed by atoms with Gasteiger partial charge in [-0.15, -0.1) is 0 Å². The molecule has 7 nitrogen and oxygen atoms in total. The van der Waals surface area contributed by atoms with Crippen LogP contribution in [0.15, 0.2) is 55.1 Å². The number of aryl methyl sites for hydroxylation is 1. The van der Waals surface area contributed by atoms with Crippen LogP contribution in [-0.4, -0.2) is 29.7 Å². The van der Waals surface area contributed by atoms with E-state index in [1.165, 1.54) is 17.5 Å². The highest BCUT2D eigenvalue weighted by Crippen LogP contribution is 2.36. The van der Waals surface area contributed by atoms with Gasteiger partial charge in [-0.05, 0) is 42.5 Å². The first-order valence-electron chi connectivity index (χ1n) is 9.77. The molecule has 1 unspecified atom stereocenters. The number of anilines is 1. The number of nitrogens with one attached hydrogen (secondary N) is 1. The van der Waals surface area contributed by atoms with Crippen LogP contribution >= 0.6 is 0 Å². The number of nitrogens with zero attached hydrogens (tertiary/aromatic N) is 5. The third kappa shape index (κ3) is 2.51. The summed E-state index contributed by atoms with van der Waals surface area (Å²) in [5, 5.41) is 5.82. The molecule has 3 N–H and O–H groups in total. The smallest absolute Gasteiger partial charge is 0.164 e. The number of fused-ring (bicyclic) bond motifs is 3. The van der Waals surface area contributed by atoms with Gasteiger partial charge in [0.2, 0.25) is 0 Å². The Balaban J connectivity index is 1.53. The molecule has 0 aliphatic heterocycles. The van der Waals surface area contributed by atoms with E-state index in [2.05, 4.69) is 54.9 Å². The summed E-state index contributed by atoms with van der Waals surface area (Å²) in [5.74, 6) is 0.456. The number of aromatic nitrogens is 6. The molecule has 1 atom stereocenters. The molecule has 29 heavy (non-hydrogen) atoms. The molecule has 3 aromatic heterocycles. The first-order chi connectivity index (χ1) is 14.3. The number of H-pyrrole nitrogens is 1. The van der Waals surface area contributed by atoms with Gasteiger partial charge in [0.25, 0.3) is 0 Å². The predicted octanol–water partition coefficient (Wildman–Crippen LogP) is 3.68. The van der Waals surface area contributed by atoms with Crippen molar-refractivity contribution in [2.24, 2.45) is 0 Å². The quantitative estimate of drug-likeness (QED) is 0.486. The summed E-state index contributed by atoms with van der Waals surface area (Å²) in [4.78, 5) is 16.3. The van der Waals surface area contributed by atoms with Crippen molar-refractivity contribution in [2.75, 3.05) is 5.73 Å². The lowest BCUT2D eigenvalue weighted by molar-refractivity contribution is 0.415. The Hall–Kier alpha value is -3.74. The lowest BCUT2D eigenvalue weighted by Crippen LogP contribution is -2.20. The van der Waals surface area contributed by atoms with Gasteiger partial charge in [0.05, 0.1) is 28.8 Å². The molecule has 0 fully saturated rings. The number of hydrogen-bond donors (Lipinski definition) is 2. The van der Waals surface area contributed by atoms with Crippen LogP contribution in [0.2, 0.25) is 0 Å². The zero-order valence-electron chi connectivity index (χ0n) is 15.7. The molecular weight excluding hydrogens is 362 g/mol. The fourth-order valence-corrected chi connectivity index (χ4v) is 4.42. The van der Waals surface area contributed by atoms with Crippen LogP contribution in [0.3, 0.4) is 0 Å². The summed E-state index contributed by atoms with van der Waals surface area (Å²) in [6.07, 6.45) is 6.22. The van der Waals surface area contributed by atoms with Crippen LogP contribution in [-0.2, 0) is 12.8 Å². The monoisotopic (exact) mass is 381 g/mol. The number of nitrogen functional groups attached to an aromatic ring is 1. The molecule has 1 aliphatic carbocycles. The second-order valence-electron chi connectivity index (χ2n) is 7.55. The van der Waals surface area contributed by atoms with Gasteiger partial charge < -0.3 is 10.7 Å². The highest BCUT2D eigenvalue weighted by molar-refractivity contribution is 5.99. The summed E-state index contributed by atoms with van der Waals surface area (Å²) in [5.41, 5.74) is 13.6. The van der Waals surface area contributed by atoms with Gasteiger partial charge in [0.15, 0.2) is 5.65 Å². The van der Waals surface area contributed by atoms with Gasteiger partial charge >= 0.3 is 0 Å². The van der Waals surface area contributed by atoms with Crippen LogP contribution in [0.1, 0.15) is 23.6 Å². The maximum Gasteiger partial charge on any atom is 0.164 e. The van der Waals surface area contributed by atoms with Crippen molar-refractivity contribution >= 4 is 27.9 Å². The molecule has 0 spiro atoms. The summed E-state index contributed by atoms with van der Waals surface area (Å²) in [6.45, 7) is 0. The summed E-state index contributed by atoms with van der Waals surface area (Å²) in [6, 6.07) is 15.0. The average Bonchev–Trinajstić information content (AvgIpc) is 3.38. The second kappa shape index (κ2) is 6.13. The molecule has 3 heterocycles. The standard InChI is InChI=1S/C22H19N7/c23-21-19-20(15-6-8-17-18(10-15)25-11-24-17)28-29(22(19)27-12-26-21)16-7-5-13-3-1-2-4-14(13)9-16/h1-4,6,8,10-12,16H,5,7,9H2,(H,24,25)(H2,23,26,27). The highest BCUT2D eigenvalue weighted by atomic mass is 15.3. The summed E-state index contributed by atoms with van der Waals surface area (Å²) < 4.78 is 2.05. The van der Waals surface area contributed by atoms with Gasteiger partial charge in [-0.2, -0.15) is 5.10 Å². The van der Waals surface area contributed by atoms with Gasteiger partial charge in [-0.3, -0.25) is 0 Å². The number of nitrogens with two attached hydrogens (primary N) is 1. The fourth-order valence-electron chi connectivity index (χ4n) is 4.42. The SMILES string of the molecule is Nc1ncnc2c1c(-c1ccc3nc[nH]c3c1)nn2C1CCc2ccccc2C1. The molecule has 7 heteroatoms. The van der Waals surface area contributed by atoms with E-state index in [0.717, 1.165) is 52.6 Å². The molecule has 2 aromatic carbocycles. The molecule has 1 aliphatic rings. The zero-order valence-corrected chi connectivity index (χ0v) is 15.7. The van der Waals surface area contributed by atoms with E-state index >= 15 is 0 Å². The first-order valence-corrected chi connectivity index (χ1v) is 9.77. The van der Waals surface area contributed by atoms with Crippen molar-refractivity contribution in [2.45, 2.75) is 25.3 Å². The maximum absolute atomic E-state index is 6.28. The van der Waals surface area contributed by atoms with Crippen molar-refractivity contribution in [1.29, 1.82) is 0 Å². The van der Waals surface area contributed by atoms with Crippen LogP contribution < -0.4 is 5.73 Å². The van der Waals surface area contributed by atoms with Gasteiger partial charge in [0.1, 0.15) is 17.8 Å². The number of rotatable bonds is 2. The minimum absolute atomic E-state index is 0.242. The molecule has 0 radical (unpaired) electrons. The van der Waals surface area contributed by atoms with E-state index in [0.29, 0.717) is 5.82 Å². The van der Waals surface area contributed by atoms with E-state index in [1.807, 2.05) is 12.1 Å². The Morgan fingerprint density at radius 3 is 2.86 bits per heavy atom. The van der Waals surface area contributed by atoms with Crippen molar-refractivity contribution in [3.63, 3.8) is 0 Å². The van der Waals surface area contributed by atoms with Gasteiger partial charge in [-0.1, -0.05) is 30.3 Å². The molecule has 6 rings (SSSR count). The Morgan fingerprint density at radius 1 is 1.03 bits per heavy atom. The molecule has 0 bridgehead atoms. The minimum atomic E-state index is 0.242. The molecule has 0 saturated heterocycles. The van der Waals surface area contributed by atoms with Crippen molar-refractivity contribution < 1.29 is 0 Å². The highest BCUT2D eigenvalue weighted by Gasteiger charge is 2.25. The van der Waals surface area contributed by atoms with Crippen molar-refractivity contribution in [3.05, 3.63) is 66.2 Å². The Labute approximate surface area is 166 Å². The van der Waals surface area contributed by atoms with Crippen molar-refractivity contribution in [3.8, 4) is 11.3 Å². The molecular formula is C22H19N7. The third-order valence-corrected chi connectivity index (χ3v) is 5.88. The van der Waals surface area contributed by atoms with E-state index in [9.17, 15) is 0 Å². The third-order valence-electron chi connectivity index (χ3n) is 5.88. The van der Waals surface area contributed by atoms with E-state index in [1.54, 1.807) is 6.33 Å². The molecule has 5 aromatic rings. The van der Waals surface area contributed by atoms with Crippen LogP contribution in [0, 0.1) is 0 Å². The Bertz CT molecular complexity index is 1360. The normalized spacial score (nSPS) is 16.3. The first kappa shape index (κ1) is 16.2. The number of benzene rings is 2. The maximum atomic E-state index is 6.28. The number of hydrogen-bond acceptors (Lipinski definition) is 5. The fraction of sp³-hybridized carbons (Fsp3) is 0.182. The molecule has 142 valence electrons. The zero-order chi connectivity index (χ0) is 19.4. The Kier molecular flexibility index (Phi) is 3.43. The minimum Gasteiger partial charge on any atom is -0.383 e. The average molecular weight is 381 g/mol. The lowest BCUT2D eigenvalue weighted by atomic mass is 9.88. The molecule has 0 amide bonds. The van der Waals surface area contributed by atoms with Gasteiger partial charge in [0, 0.05) is 5.56 Å². The number of aromatic amines is 1. The topological polar surface area (TPSA) is 98.3 Å². The van der Waals surface area contributed by atoms with E-state index < -0.39 is 0 Å². The second-order valence-corrected chi connectivity index (χ2v) is 7.55.